The number of carbonyl (C=O) groups is 2. The molecule has 2 N–H and O–H groups in total. The van der Waals surface area contributed by atoms with Gasteiger partial charge in [-0.2, -0.15) is 0 Å². The van der Waals surface area contributed by atoms with Crippen molar-refractivity contribution >= 4 is 17.6 Å². The van der Waals surface area contributed by atoms with E-state index in [2.05, 4.69) is 17.6 Å². The maximum absolute atomic E-state index is 12.1. The van der Waals surface area contributed by atoms with E-state index >= 15 is 0 Å². The summed E-state index contributed by atoms with van der Waals surface area (Å²) < 4.78 is 0. The van der Waals surface area contributed by atoms with E-state index in [0.29, 0.717) is 17.2 Å². The van der Waals surface area contributed by atoms with Crippen LogP contribution in [0.3, 0.4) is 0 Å². The van der Waals surface area contributed by atoms with Crippen molar-refractivity contribution in [1.82, 2.24) is 10.2 Å². The van der Waals surface area contributed by atoms with Crippen molar-refractivity contribution in [2.45, 2.75) is 19.8 Å². The molecule has 1 aliphatic rings. The molecule has 0 aliphatic heterocycles. The molecule has 1 fully saturated rings. The molecule has 0 bridgehead atoms. The fourth-order valence-electron chi connectivity index (χ4n) is 2.36. The molecular weight excluding hydrogens is 266 g/mol. The topological polar surface area (TPSA) is 61.4 Å². The van der Waals surface area contributed by atoms with Crippen molar-refractivity contribution in [1.29, 1.82) is 0 Å². The number of hydrogen-bond acceptors (Lipinski definition) is 2. The first-order valence-corrected chi connectivity index (χ1v) is 7.37. The number of nitrogens with zero attached hydrogens (tertiary/aromatic N) is 1. The van der Waals surface area contributed by atoms with E-state index in [1.165, 1.54) is 17.7 Å². The molecule has 1 aromatic carbocycles. The summed E-state index contributed by atoms with van der Waals surface area (Å²) in [4.78, 5) is 25.2. The van der Waals surface area contributed by atoms with Gasteiger partial charge in [0.05, 0.1) is 0 Å². The van der Waals surface area contributed by atoms with Crippen LogP contribution in [0.25, 0.3) is 0 Å². The molecule has 0 aromatic heterocycles. The van der Waals surface area contributed by atoms with Crippen molar-refractivity contribution in [3.8, 4) is 0 Å². The molecule has 21 heavy (non-hydrogen) atoms. The molecule has 1 aliphatic carbocycles. The van der Waals surface area contributed by atoms with Crippen LogP contribution in [-0.4, -0.2) is 37.5 Å². The average molecular weight is 289 g/mol. The highest BCUT2D eigenvalue weighted by Crippen LogP contribution is 2.40. The molecule has 0 radical (unpaired) electrons. The molecule has 2 rings (SSSR count). The smallest absolute Gasteiger partial charge is 0.321 e. The number of anilines is 1. The minimum Gasteiger partial charge on any atom is -0.352 e. The molecule has 1 saturated carbocycles. The summed E-state index contributed by atoms with van der Waals surface area (Å²) in [6.07, 6.45) is 2.41. The molecule has 114 valence electrons. The van der Waals surface area contributed by atoms with Crippen molar-refractivity contribution in [3.05, 3.63) is 29.8 Å². The summed E-state index contributed by atoms with van der Waals surface area (Å²) in [5.41, 5.74) is 1.19. The van der Waals surface area contributed by atoms with Gasteiger partial charge < -0.3 is 15.5 Å². The Kier molecular flexibility index (Phi) is 4.83. The highest BCUT2D eigenvalue weighted by Gasteiger charge is 2.35. The zero-order chi connectivity index (χ0) is 15.4. The summed E-state index contributed by atoms with van der Waals surface area (Å²) in [5, 5.41) is 5.70. The van der Waals surface area contributed by atoms with Gasteiger partial charge >= 0.3 is 6.03 Å². The Balaban J connectivity index is 1.90. The van der Waals surface area contributed by atoms with E-state index in [9.17, 15) is 9.59 Å². The van der Waals surface area contributed by atoms with E-state index in [1.807, 2.05) is 0 Å². The zero-order valence-corrected chi connectivity index (χ0v) is 12.8. The van der Waals surface area contributed by atoms with Gasteiger partial charge in [-0.05, 0) is 36.5 Å². The van der Waals surface area contributed by atoms with Crippen molar-refractivity contribution in [2.24, 2.45) is 11.8 Å². The predicted molar refractivity (Wildman–Crippen MR) is 83.4 cm³/mol. The molecule has 5 heteroatoms. The van der Waals surface area contributed by atoms with E-state index in [0.717, 1.165) is 12.5 Å². The van der Waals surface area contributed by atoms with Crippen LogP contribution < -0.4 is 10.6 Å². The highest BCUT2D eigenvalue weighted by molar-refractivity contribution is 5.96. The second-order valence-corrected chi connectivity index (χ2v) is 5.78. The van der Waals surface area contributed by atoms with Crippen LogP contribution in [0.2, 0.25) is 0 Å². The largest absolute Gasteiger partial charge is 0.352 e. The normalized spacial score (nSPS) is 19.8. The number of amides is 3. The van der Waals surface area contributed by atoms with Crippen LogP contribution in [0.4, 0.5) is 10.5 Å². The van der Waals surface area contributed by atoms with Gasteiger partial charge in [0.25, 0.3) is 5.91 Å². The number of rotatable bonds is 5. The van der Waals surface area contributed by atoms with Crippen LogP contribution in [-0.2, 0) is 0 Å². The molecule has 0 saturated heterocycles. The van der Waals surface area contributed by atoms with E-state index in [1.54, 1.807) is 38.4 Å². The second kappa shape index (κ2) is 6.61. The first-order chi connectivity index (χ1) is 10.0. The molecule has 2 atom stereocenters. The Bertz CT molecular complexity index is 528. The standard InChI is InChI=1S/C16H23N3O2/c1-4-11-8-13(11)10-17-15(20)12-6-5-7-14(9-12)18-16(21)19(2)3/h5-7,9,11,13H,4,8,10H2,1-3H3,(H,17,20)(H,18,21)/t11-,13+/m1/s1. The summed E-state index contributed by atoms with van der Waals surface area (Å²) in [7, 11) is 3.34. The number of carbonyl (C=O) groups excluding carboxylic acids is 2. The van der Waals surface area contributed by atoms with E-state index in [-0.39, 0.29) is 11.9 Å². The van der Waals surface area contributed by atoms with Gasteiger partial charge in [0.15, 0.2) is 0 Å². The molecule has 0 heterocycles. The number of hydrogen-bond donors (Lipinski definition) is 2. The van der Waals surface area contributed by atoms with Gasteiger partial charge in [-0.1, -0.05) is 19.4 Å². The number of nitrogens with one attached hydrogen (secondary N) is 2. The third-order valence-electron chi connectivity index (χ3n) is 3.90. The minimum atomic E-state index is -0.212. The van der Waals surface area contributed by atoms with Crippen LogP contribution in [0.15, 0.2) is 24.3 Å². The van der Waals surface area contributed by atoms with Gasteiger partial charge in [-0.15, -0.1) is 0 Å². The van der Waals surface area contributed by atoms with E-state index in [4.69, 9.17) is 0 Å². The summed E-state index contributed by atoms with van der Waals surface area (Å²) >= 11 is 0. The Morgan fingerprint density at radius 1 is 1.29 bits per heavy atom. The molecule has 5 nitrogen and oxygen atoms in total. The third-order valence-corrected chi connectivity index (χ3v) is 3.90. The fraction of sp³-hybridized carbons (Fsp3) is 0.500. The first-order valence-electron chi connectivity index (χ1n) is 7.37. The van der Waals surface area contributed by atoms with Gasteiger partial charge in [0.2, 0.25) is 0 Å². The Morgan fingerprint density at radius 3 is 2.67 bits per heavy atom. The fourth-order valence-corrected chi connectivity index (χ4v) is 2.36. The lowest BCUT2D eigenvalue weighted by Gasteiger charge is -2.12. The van der Waals surface area contributed by atoms with E-state index < -0.39 is 0 Å². The monoisotopic (exact) mass is 289 g/mol. The average Bonchev–Trinajstić information content (AvgIpc) is 3.23. The molecule has 0 unspecified atom stereocenters. The van der Waals surface area contributed by atoms with Crippen LogP contribution >= 0.6 is 0 Å². The van der Waals surface area contributed by atoms with Crippen LogP contribution in [0.5, 0.6) is 0 Å². The Hall–Kier alpha value is -2.04. The lowest BCUT2D eigenvalue weighted by Crippen LogP contribution is -2.28. The quantitative estimate of drug-likeness (QED) is 0.875. The number of benzene rings is 1. The molecular formula is C16H23N3O2. The summed E-state index contributed by atoms with van der Waals surface area (Å²) in [5.74, 6) is 1.32. The minimum absolute atomic E-state index is 0.0855. The van der Waals surface area contributed by atoms with Crippen molar-refractivity contribution in [3.63, 3.8) is 0 Å². The molecule has 1 aromatic rings. The SMILES string of the molecule is CC[C@@H]1C[C@H]1CNC(=O)c1cccc(NC(=O)N(C)C)c1. The first kappa shape index (κ1) is 15.4. The molecule has 0 spiro atoms. The Labute approximate surface area is 125 Å². The summed E-state index contributed by atoms with van der Waals surface area (Å²) in [6.45, 7) is 2.93. The Morgan fingerprint density at radius 2 is 2.05 bits per heavy atom. The highest BCUT2D eigenvalue weighted by atomic mass is 16.2. The van der Waals surface area contributed by atoms with Gasteiger partial charge in [-0.25, -0.2) is 4.79 Å². The van der Waals surface area contributed by atoms with Gasteiger partial charge in [0.1, 0.15) is 0 Å². The maximum Gasteiger partial charge on any atom is 0.321 e. The third kappa shape index (κ3) is 4.21. The maximum atomic E-state index is 12.1. The van der Waals surface area contributed by atoms with Crippen molar-refractivity contribution in [2.75, 3.05) is 26.0 Å². The van der Waals surface area contributed by atoms with Gasteiger partial charge in [0, 0.05) is 31.9 Å². The van der Waals surface area contributed by atoms with Crippen LogP contribution in [0.1, 0.15) is 30.1 Å². The second-order valence-electron chi connectivity index (χ2n) is 5.78. The number of urea groups is 1. The lowest BCUT2D eigenvalue weighted by molar-refractivity contribution is 0.0951. The summed E-state index contributed by atoms with van der Waals surface area (Å²) in [6, 6.07) is 6.78. The zero-order valence-electron chi connectivity index (χ0n) is 12.8. The predicted octanol–water partition coefficient (Wildman–Crippen LogP) is 2.56. The van der Waals surface area contributed by atoms with Crippen molar-refractivity contribution < 1.29 is 9.59 Å². The lowest BCUT2D eigenvalue weighted by atomic mass is 10.2. The van der Waals surface area contributed by atoms with Crippen LogP contribution in [0, 0.1) is 11.8 Å². The molecule has 3 amide bonds. The van der Waals surface area contributed by atoms with Gasteiger partial charge in [-0.3, -0.25) is 4.79 Å².